The van der Waals surface area contributed by atoms with Gasteiger partial charge in [-0.1, -0.05) is 23.8 Å². The van der Waals surface area contributed by atoms with Crippen molar-refractivity contribution in [1.29, 1.82) is 0 Å². The van der Waals surface area contributed by atoms with E-state index in [9.17, 15) is 18.8 Å². The van der Waals surface area contributed by atoms with Gasteiger partial charge in [0.1, 0.15) is 17.7 Å². The highest BCUT2D eigenvalue weighted by Crippen LogP contribution is 2.25. The molecule has 1 N–H and O–H groups in total. The van der Waals surface area contributed by atoms with E-state index >= 15 is 0 Å². The molecule has 0 aliphatic carbocycles. The van der Waals surface area contributed by atoms with Crippen LogP contribution in [0.2, 0.25) is 0 Å². The minimum Gasteiger partial charge on any atom is -0.342 e. The smallest absolute Gasteiger partial charge is 0.261 e. The summed E-state index contributed by atoms with van der Waals surface area (Å²) in [4.78, 5) is 43.3. The molecule has 164 valence electrons. The standard InChI is InChI=1S/C24H23FN4O3/c1-15-5-10-18-19(14-15)24(32)29(23(18)31)12-3-4-20(30)27-21(22-26-11-13-28(22)2)16-6-8-17(25)9-7-16/h5-11,13-14,21H,3-4,12H2,1-2H3,(H,27,30). The predicted octanol–water partition coefficient (Wildman–Crippen LogP) is 3.15. The fraction of sp³-hybridized carbons (Fsp3) is 0.250. The van der Waals surface area contributed by atoms with E-state index in [1.807, 2.05) is 14.0 Å². The van der Waals surface area contributed by atoms with Crippen molar-refractivity contribution in [2.45, 2.75) is 25.8 Å². The summed E-state index contributed by atoms with van der Waals surface area (Å²) in [6.07, 6.45) is 3.84. The second kappa shape index (κ2) is 8.74. The molecule has 32 heavy (non-hydrogen) atoms. The maximum absolute atomic E-state index is 13.4. The summed E-state index contributed by atoms with van der Waals surface area (Å²) in [5.74, 6) is -0.667. The molecule has 0 bridgehead atoms. The molecule has 2 heterocycles. The van der Waals surface area contributed by atoms with Crippen LogP contribution in [0.4, 0.5) is 4.39 Å². The van der Waals surface area contributed by atoms with Crippen molar-refractivity contribution < 1.29 is 18.8 Å². The van der Waals surface area contributed by atoms with Crippen LogP contribution in [0.15, 0.2) is 54.9 Å². The lowest BCUT2D eigenvalue weighted by molar-refractivity contribution is -0.121. The molecule has 3 aromatic rings. The van der Waals surface area contributed by atoms with Gasteiger partial charge in [0.2, 0.25) is 5.91 Å². The molecule has 4 rings (SSSR count). The first-order valence-corrected chi connectivity index (χ1v) is 10.3. The Balaban J connectivity index is 1.40. The second-order valence-corrected chi connectivity index (χ2v) is 7.86. The van der Waals surface area contributed by atoms with E-state index in [0.29, 0.717) is 28.9 Å². The van der Waals surface area contributed by atoms with Crippen molar-refractivity contribution in [3.63, 3.8) is 0 Å². The minimum atomic E-state index is -0.551. The zero-order chi connectivity index (χ0) is 22.8. The summed E-state index contributed by atoms with van der Waals surface area (Å²) >= 11 is 0. The van der Waals surface area contributed by atoms with Gasteiger partial charge in [-0.25, -0.2) is 9.37 Å². The Hall–Kier alpha value is -3.81. The average Bonchev–Trinajstić information content (AvgIpc) is 3.29. The number of fused-ring (bicyclic) bond motifs is 1. The van der Waals surface area contributed by atoms with E-state index in [0.717, 1.165) is 5.56 Å². The van der Waals surface area contributed by atoms with Crippen molar-refractivity contribution in [2.75, 3.05) is 6.54 Å². The van der Waals surface area contributed by atoms with Crippen molar-refractivity contribution in [2.24, 2.45) is 7.05 Å². The second-order valence-electron chi connectivity index (χ2n) is 7.86. The normalized spacial score (nSPS) is 13.9. The molecule has 0 fully saturated rings. The highest BCUT2D eigenvalue weighted by Gasteiger charge is 2.35. The van der Waals surface area contributed by atoms with Gasteiger partial charge >= 0.3 is 0 Å². The van der Waals surface area contributed by atoms with Gasteiger partial charge in [0.15, 0.2) is 0 Å². The molecule has 7 nitrogen and oxygen atoms in total. The van der Waals surface area contributed by atoms with Crippen molar-refractivity contribution >= 4 is 17.7 Å². The van der Waals surface area contributed by atoms with E-state index in [1.165, 1.54) is 17.0 Å². The first-order chi connectivity index (χ1) is 15.3. The highest BCUT2D eigenvalue weighted by molar-refractivity contribution is 6.21. The number of hydrogen-bond donors (Lipinski definition) is 1. The van der Waals surface area contributed by atoms with Gasteiger partial charge in [-0.05, 0) is 43.2 Å². The van der Waals surface area contributed by atoms with Crippen LogP contribution in [0, 0.1) is 12.7 Å². The van der Waals surface area contributed by atoms with Gasteiger partial charge in [-0.15, -0.1) is 0 Å². The number of amides is 3. The first kappa shape index (κ1) is 21.4. The van der Waals surface area contributed by atoms with Crippen molar-refractivity contribution in [3.05, 3.63) is 88.8 Å². The molecular weight excluding hydrogens is 411 g/mol. The fourth-order valence-corrected chi connectivity index (χ4v) is 3.85. The number of carbonyl (C=O) groups is 3. The van der Waals surface area contributed by atoms with Gasteiger partial charge in [0, 0.05) is 32.4 Å². The zero-order valence-corrected chi connectivity index (χ0v) is 17.8. The Kier molecular flexibility index (Phi) is 5.85. The Morgan fingerprint density at radius 2 is 1.81 bits per heavy atom. The SMILES string of the molecule is Cc1ccc2c(c1)C(=O)N(CCCC(=O)NC(c1ccc(F)cc1)c1nccn1C)C2=O. The third-order valence-corrected chi connectivity index (χ3v) is 5.54. The number of nitrogens with zero attached hydrogens (tertiary/aromatic N) is 3. The Labute approximate surface area is 184 Å². The fourth-order valence-electron chi connectivity index (χ4n) is 3.85. The number of imide groups is 1. The lowest BCUT2D eigenvalue weighted by atomic mass is 10.1. The molecular formula is C24H23FN4O3. The van der Waals surface area contributed by atoms with E-state index in [2.05, 4.69) is 10.3 Å². The molecule has 1 unspecified atom stereocenters. The van der Waals surface area contributed by atoms with Gasteiger partial charge < -0.3 is 9.88 Å². The van der Waals surface area contributed by atoms with Crippen molar-refractivity contribution in [3.8, 4) is 0 Å². The summed E-state index contributed by atoms with van der Waals surface area (Å²) in [5.41, 5.74) is 2.42. The van der Waals surface area contributed by atoms with Gasteiger partial charge in [-0.2, -0.15) is 0 Å². The number of benzene rings is 2. The Morgan fingerprint density at radius 1 is 1.09 bits per heavy atom. The summed E-state index contributed by atoms with van der Waals surface area (Å²) in [6, 6.07) is 10.5. The number of carbonyl (C=O) groups excluding carboxylic acids is 3. The van der Waals surface area contributed by atoms with Crippen LogP contribution in [0.3, 0.4) is 0 Å². The first-order valence-electron chi connectivity index (χ1n) is 10.3. The molecule has 1 aliphatic heterocycles. The number of halogens is 1. The summed E-state index contributed by atoms with van der Waals surface area (Å²) < 4.78 is 15.2. The summed E-state index contributed by atoms with van der Waals surface area (Å²) in [6.45, 7) is 2.02. The largest absolute Gasteiger partial charge is 0.342 e. The Bertz CT molecular complexity index is 1190. The molecule has 0 saturated carbocycles. The Morgan fingerprint density at radius 3 is 2.50 bits per heavy atom. The monoisotopic (exact) mass is 434 g/mol. The molecule has 0 radical (unpaired) electrons. The molecule has 0 saturated heterocycles. The van der Waals surface area contributed by atoms with Crippen LogP contribution in [-0.4, -0.2) is 38.7 Å². The van der Waals surface area contributed by atoms with E-state index < -0.39 is 6.04 Å². The number of nitrogens with one attached hydrogen (secondary N) is 1. The molecule has 2 aromatic carbocycles. The van der Waals surface area contributed by atoms with E-state index in [4.69, 9.17) is 0 Å². The maximum Gasteiger partial charge on any atom is 0.261 e. The van der Waals surface area contributed by atoms with E-state index in [-0.39, 0.29) is 36.5 Å². The van der Waals surface area contributed by atoms with Crippen LogP contribution < -0.4 is 5.32 Å². The van der Waals surface area contributed by atoms with Gasteiger partial charge in [0.05, 0.1) is 11.1 Å². The van der Waals surface area contributed by atoms with Gasteiger partial charge in [-0.3, -0.25) is 19.3 Å². The number of rotatable bonds is 7. The molecule has 8 heteroatoms. The molecule has 0 spiro atoms. The highest BCUT2D eigenvalue weighted by atomic mass is 19.1. The molecule has 1 aliphatic rings. The number of imidazole rings is 1. The topological polar surface area (TPSA) is 84.3 Å². The molecule has 1 aromatic heterocycles. The lowest BCUT2D eigenvalue weighted by Crippen LogP contribution is -2.33. The summed E-state index contributed by atoms with van der Waals surface area (Å²) in [7, 11) is 1.81. The average molecular weight is 434 g/mol. The third kappa shape index (κ3) is 4.16. The molecule has 1 atom stereocenters. The number of aromatic nitrogens is 2. The quantitative estimate of drug-likeness (QED) is 0.579. The third-order valence-electron chi connectivity index (χ3n) is 5.54. The summed E-state index contributed by atoms with van der Waals surface area (Å²) in [5, 5.41) is 2.94. The minimum absolute atomic E-state index is 0.120. The van der Waals surface area contributed by atoms with Crippen LogP contribution >= 0.6 is 0 Å². The maximum atomic E-state index is 13.4. The number of hydrogen-bond acceptors (Lipinski definition) is 4. The molecule has 3 amide bonds. The van der Waals surface area contributed by atoms with Crippen LogP contribution in [-0.2, 0) is 11.8 Å². The zero-order valence-electron chi connectivity index (χ0n) is 17.8. The lowest BCUT2D eigenvalue weighted by Gasteiger charge is -2.20. The van der Waals surface area contributed by atoms with Gasteiger partial charge in [0.25, 0.3) is 11.8 Å². The van der Waals surface area contributed by atoms with Crippen molar-refractivity contribution in [1.82, 2.24) is 19.8 Å². The van der Waals surface area contributed by atoms with Crippen LogP contribution in [0.25, 0.3) is 0 Å². The van der Waals surface area contributed by atoms with E-state index in [1.54, 1.807) is 47.3 Å². The van der Waals surface area contributed by atoms with Crippen LogP contribution in [0.1, 0.15) is 56.6 Å². The van der Waals surface area contributed by atoms with Crippen LogP contribution in [0.5, 0.6) is 0 Å². The number of aryl methyl sites for hydroxylation is 2. The predicted molar refractivity (Wildman–Crippen MR) is 115 cm³/mol.